The molecule has 32 heavy (non-hydrogen) atoms. The summed E-state index contributed by atoms with van der Waals surface area (Å²) in [6.07, 6.45) is 1.98. The maximum atomic E-state index is 13.7. The number of hydrogen-bond acceptors (Lipinski definition) is 3. The molecule has 6 heteroatoms. The van der Waals surface area contributed by atoms with E-state index in [1.807, 2.05) is 101 Å². The Morgan fingerprint density at radius 1 is 0.812 bits per heavy atom. The minimum absolute atomic E-state index is 0.0758. The molecule has 5 aromatic rings. The lowest BCUT2D eigenvalue weighted by atomic mass is 10.1. The highest BCUT2D eigenvalue weighted by Gasteiger charge is 2.23. The molecule has 0 aliphatic rings. The van der Waals surface area contributed by atoms with Crippen molar-refractivity contribution in [1.29, 1.82) is 0 Å². The van der Waals surface area contributed by atoms with E-state index < -0.39 is 0 Å². The first kappa shape index (κ1) is 19.8. The van der Waals surface area contributed by atoms with Gasteiger partial charge in [0.15, 0.2) is 0 Å². The summed E-state index contributed by atoms with van der Waals surface area (Å²) in [6.45, 7) is 0. The van der Waals surface area contributed by atoms with Gasteiger partial charge in [-0.15, -0.1) is 0 Å². The number of ether oxygens (including phenoxy) is 2. The topological polar surface area (TPSA) is 50.3 Å². The lowest BCUT2D eigenvalue weighted by Gasteiger charge is -2.15. The van der Waals surface area contributed by atoms with Crippen molar-refractivity contribution in [2.45, 2.75) is 0 Å². The number of fused-ring (bicyclic) bond motifs is 1. The molecule has 0 aliphatic heterocycles. The van der Waals surface area contributed by atoms with E-state index in [-0.39, 0.29) is 5.56 Å². The van der Waals surface area contributed by atoms with E-state index in [1.165, 1.54) is 0 Å². The van der Waals surface area contributed by atoms with Gasteiger partial charge in [0.25, 0.3) is 5.56 Å². The molecule has 160 valence electrons. The highest BCUT2D eigenvalue weighted by Crippen LogP contribution is 2.36. The van der Waals surface area contributed by atoms with Gasteiger partial charge in [-0.25, -0.2) is 4.68 Å². The van der Waals surface area contributed by atoms with Crippen LogP contribution in [0, 0.1) is 0 Å². The molecule has 0 bridgehead atoms. The molecule has 2 heterocycles. The van der Waals surface area contributed by atoms with Gasteiger partial charge < -0.3 is 14.0 Å². The Bertz CT molecular complexity index is 1460. The molecule has 0 saturated heterocycles. The first-order chi connectivity index (χ1) is 15.6. The number of para-hydroxylation sites is 1. The number of aromatic nitrogens is 3. The maximum absolute atomic E-state index is 13.7. The molecule has 0 unspecified atom stereocenters. The number of hydrogen-bond donors (Lipinski definition) is 0. The van der Waals surface area contributed by atoms with Gasteiger partial charge in [0.1, 0.15) is 11.5 Å². The Morgan fingerprint density at radius 2 is 1.50 bits per heavy atom. The highest BCUT2D eigenvalue weighted by atomic mass is 16.5. The van der Waals surface area contributed by atoms with E-state index in [4.69, 9.17) is 9.47 Å². The van der Waals surface area contributed by atoms with Gasteiger partial charge in [0.05, 0.1) is 42.2 Å². The van der Waals surface area contributed by atoms with Crippen LogP contribution in [-0.2, 0) is 7.05 Å². The zero-order valence-corrected chi connectivity index (χ0v) is 18.1. The Kier molecular flexibility index (Phi) is 4.82. The number of benzene rings is 3. The number of methoxy groups -OCH3 is 2. The van der Waals surface area contributed by atoms with Gasteiger partial charge in [0, 0.05) is 19.3 Å². The quantitative estimate of drug-likeness (QED) is 0.406. The molecule has 2 aromatic heterocycles. The van der Waals surface area contributed by atoms with Crippen molar-refractivity contribution in [3.8, 4) is 34.1 Å². The zero-order chi connectivity index (χ0) is 22.2. The third-order valence-corrected chi connectivity index (χ3v) is 5.73. The fraction of sp³-hybridized carbons (Fsp3) is 0.115. The van der Waals surface area contributed by atoms with Crippen LogP contribution in [0.25, 0.3) is 33.5 Å². The molecular weight excluding hydrogens is 402 g/mol. The van der Waals surface area contributed by atoms with Crippen molar-refractivity contribution in [3.05, 3.63) is 95.4 Å². The molecule has 6 nitrogen and oxygen atoms in total. The Hall–Kier alpha value is -4.19. The lowest BCUT2D eigenvalue weighted by molar-refractivity contribution is 0.401. The Labute approximate surface area is 185 Å². The van der Waals surface area contributed by atoms with Crippen LogP contribution in [0.4, 0.5) is 0 Å². The molecule has 5 rings (SSSR count). The molecule has 0 N–H and O–H groups in total. The summed E-state index contributed by atoms with van der Waals surface area (Å²) in [6, 6.07) is 25.2. The van der Waals surface area contributed by atoms with Crippen LogP contribution in [0.2, 0.25) is 0 Å². The summed E-state index contributed by atoms with van der Waals surface area (Å²) in [5.74, 6) is 1.39. The summed E-state index contributed by atoms with van der Waals surface area (Å²) in [4.78, 5) is 13.7. The average molecular weight is 425 g/mol. The molecule has 3 aromatic carbocycles. The van der Waals surface area contributed by atoms with E-state index in [2.05, 4.69) is 0 Å². The minimum atomic E-state index is -0.0758. The fourth-order valence-corrected chi connectivity index (χ4v) is 4.21. The summed E-state index contributed by atoms with van der Waals surface area (Å²) < 4.78 is 16.7. The predicted octanol–water partition coefficient (Wildman–Crippen LogP) is 4.80. The van der Waals surface area contributed by atoms with Crippen LogP contribution in [0.1, 0.15) is 0 Å². The summed E-state index contributed by atoms with van der Waals surface area (Å²) in [5.41, 5.74) is 4.11. The lowest BCUT2D eigenvalue weighted by Crippen LogP contribution is -2.20. The van der Waals surface area contributed by atoms with Gasteiger partial charge in [-0.1, -0.05) is 48.5 Å². The highest BCUT2D eigenvalue weighted by molar-refractivity contribution is 5.95. The largest absolute Gasteiger partial charge is 0.497 e. The monoisotopic (exact) mass is 425 g/mol. The summed E-state index contributed by atoms with van der Waals surface area (Å²) >= 11 is 0. The predicted molar refractivity (Wildman–Crippen MR) is 126 cm³/mol. The van der Waals surface area contributed by atoms with Crippen LogP contribution in [0.3, 0.4) is 0 Å². The van der Waals surface area contributed by atoms with Crippen molar-refractivity contribution >= 4 is 10.9 Å². The normalized spacial score (nSPS) is 11.1. The first-order valence-electron chi connectivity index (χ1n) is 10.3. The van der Waals surface area contributed by atoms with Crippen molar-refractivity contribution in [3.63, 3.8) is 0 Å². The molecule has 0 atom stereocenters. The molecule has 0 saturated carbocycles. The van der Waals surface area contributed by atoms with Crippen LogP contribution < -0.4 is 15.0 Å². The maximum Gasteiger partial charge on any atom is 0.281 e. The molecule has 0 amide bonds. The smallest absolute Gasteiger partial charge is 0.281 e. The first-order valence-corrected chi connectivity index (χ1v) is 10.3. The second kappa shape index (κ2) is 7.81. The number of nitrogens with zero attached hydrogens (tertiary/aromatic N) is 3. The average Bonchev–Trinajstić information content (AvgIpc) is 3.35. The van der Waals surface area contributed by atoms with E-state index >= 15 is 0 Å². The minimum Gasteiger partial charge on any atom is -0.497 e. The van der Waals surface area contributed by atoms with E-state index in [9.17, 15) is 4.79 Å². The Balaban J connectivity index is 1.89. The van der Waals surface area contributed by atoms with Gasteiger partial charge in [0.2, 0.25) is 0 Å². The zero-order valence-electron chi connectivity index (χ0n) is 18.1. The van der Waals surface area contributed by atoms with Gasteiger partial charge in [-0.05, 0) is 29.8 Å². The molecule has 0 radical (unpaired) electrons. The third kappa shape index (κ3) is 3.00. The number of rotatable bonds is 5. The molecule has 0 spiro atoms. The van der Waals surface area contributed by atoms with Crippen LogP contribution >= 0.6 is 0 Å². The van der Waals surface area contributed by atoms with E-state index in [0.717, 1.165) is 28.1 Å². The van der Waals surface area contributed by atoms with Crippen LogP contribution in [0.15, 0.2) is 89.9 Å². The van der Waals surface area contributed by atoms with Gasteiger partial charge in [-0.2, -0.15) is 0 Å². The van der Waals surface area contributed by atoms with Crippen molar-refractivity contribution < 1.29 is 9.47 Å². The van der Waals surface area contributed by atoms with E-state index in [1.54, 1.807) is 18.9 Å². The second-order valence-corrected chi connectivity index (χ2v) is 7.49. The number of aryl methyl sites for hydroxylation is 1. The standard InChI is InChI=1S/C26H23N3O3/c1-27-22-17-28(21-16-20(31-2)14-15-23(21)32-3)25(18-10-6-4-7-11-18)24(22)26(30)29(27)19-12-8-5-9-13-19/h4-17H,1-3H3. The molecule has 0 fully saturated rings. The van der Waals surface area contributed by atoms with Gasteiger partial charge >= 0.3 is 0 Å². The van der Waals surface area contributed by atoms with Gasteiger partial charge in [-0.3, -0.25) is 9.48 Å². The van der Waals surface area contributed by atoms with E-state index in [0.29, 0.717) is 16.9 Å². The van der Waals surface area contributed by atoms with Crippen LogP contribution in [0.5, 0.6) is 11.5 Å². The van der Waals surface area contributed by atoms with Crippen molar-refractivity contribution in [1.82, 2.24) is 13.9 Å². The second-order valence-electron chi connectivity index (χ2n) is 7.49. The van der Waals surface area contributed by atoms with Crippen molar-refractivity contribution in [2.75, 3.05) is 14.2 Å². The SMILES string of the molecule is COc1ccc(OC)c(-n2cc3c(c2-c2ccccc2)c(=O)n(-c2ccccc2)n3C)c1. The third-order valence-electron chi connectivity index (χ3n) is 5.73. The summed E-state index contributed by atoms with van der Waals surface area (Å²) in [5, 5.41) is 0.646. The molecule has 0 aliphatic carbocycles. The fourth-order valence-electron chi connectivity index (χ4n) is 4.21. The van der Waals surface area contributed by atoms with Crippen molar-refractivity contribution in [2.24, 2.45) is 7.05 Å². The summed E-state index contributed by atoms with van der Waals surface area (Å²) in [7, 11) is 5.17. The molecular formula is C26H23N3O3. The van der Waals surface area contributed by atoms with Crippen LogP contribution in [-0.4, -0.2) is 28.2 Å². The Morgan fingerprint density at radius 3 is 2.16 bits per heavy atom.